The lowest BCUT2D eigenvalue weighted by molar-refractivity contribution is 0.457. The second-order valence-corrected chi connectivity index (χ2v) is 7.86. The quantitative estimate of drug-likeness (QED) is 0.657. The highest BCUT2D eigenvalue weighted by molar-refractivity contribution is 9.10. The largest absolute Gasteiger partial charge is 0.423 e. The fourth-order valence-corrected chi connectivity index (χ4v) is 3.61. The Morgan fingerprint density at radius 1 is 1.08 bits per heavy atom. The van der Waals surface area contributed by atoms with Crippen LogP contribution in [0.4, 0.5) is 0 Å². The number of oxazole rings is 1. The highest BCUT2D eigenvalue weighted by Crippen LogP contribution is 2.29. The number of nitriles is 1. The molecule has 0 unspecified atom stereocenters. The standard InChI is InChI=1S/C17H11BrN2O3S/c1-11-2-4-12(5-3-11)16-20-15(10-19)17(23-16)24(21,22)14-8-6-13(18)7-9-14/h2-9H,1H3. The average molecular weight is 403 g/mol. The van der Waals surface area contributed by atoms with Crippen LogP contribution in [-0.2, 0) is 9.84 Å². The molecule has 3 aromatic rings. The molecule has 0 radical (unpaired) electrons. The molecule has 2 aromatic carbocycles. The monoisotopic (exact) mass is 402 g/mol. The maximum absolute atomic E-state index is 12.7. The molecule has 1 aromatic heterocycles. The molecule has 0 N–H and O–H groups in total. The van der Waals surface area contributed by atoms with Crippen molar-refractivity contribution in [2.24, 2.45) is 0 Å². The normalized spacial score (nSPS) is 11.2. The Morgan fingerprint density at radius 3 is 2.29 bits per heavy atom. The first-order valence-corrected chi connectivity index (χ1v) is 9.18. The predicted molar refractivity (Wildman–Crippen MR) is 91.0 cm³/mol. The van der Waals surface area contributed by atoms with Gasteiger partial charge in [0.2, 0.25) is 15.7 Å². The minimum atomic E-state index is -3.97. The molecule has 0 fully saturated rings. The van der Waals surface area contributed by atoms with Crippen LogP contribution in [0.5, 0.6) is 0 Å². The number of hydrogen-bond acceptors (Lipinski definition) is 5. The molecular weight excluding hydrogens is 392 g/mol. The second kappa shape index (κ2) is 6.23. The Morgan fingerprint density at radius 2 is 1.71 bits per heavy atom. The third kappa shape index (κ3) is 2.98. The van der Waals surface area contributed by atoms with E-state index in [2.05, 4.69) is 20.9 Å². The number of aryl methyl sites for hydroxylation is 1. The summed E-state index contributed by atoms with van der Waals surface area (Å²) in [5.74, 6) is 0.0993. The number of hydrogen-bond donors (Lipinski definition) is 0. The lowest BCUT2D eigenvalue weighted by atomic mass is 10.1. The minimum Gasteiger partial charge on any atom is -0.423 e. The summed E-state index contributed by atoms with van der Waals surface area (Å²) in [6, 6.07) is 15.1. The molecule has 7 heteroatoms. The summed E-state index contributed by atoms with van der Waals surface area (Å²) in [5, 5.41) is 8.79. The van der Waals surface area contributed by atoms with Crippen molar-refractivity contribution in [1.82, 2.24) is 4.98 Å². The van der Waals surface area contributed by atoms with Crippen molar-refractivity contribution >= 4 is 25.8 Å². The van der Waals surface area contributed by atoms with Crippen molar-refractivity contribution in [1.29, 1.82) is 5.26 Å². The molecule has 0 aliphatic heterocycles. The van der Waals surface area contributed by atoms with E-state index >= 15 is 0 Å². The van der Waals surface area contributed by atoms with Gasteiger partial charge in [-0.3, -0.25) is 0 Å². The molecule has 120 valence electrons. The summed E-state index contributed by atoms with van der Waals surface area (Å²) < 4.78 is 31.6. The molecule has 3 rings (SSSR count). The minimum absolute atomic E-state index is 0.0359. The van der Waals surface area contributed by atoms with E-state index in [1.54, 1.807) is 30.3 Å². The summed E-state index contributed by atoms with van der Waals surface area (Å²) in [4.78, 5) is 4.06. The zero-order chi connectivity index (χ0) is 17.3. The second-order valence-electron chi connectivity index (χ2n) is 5.09. The van der Waals surface area contributed by atoms with Crippen molar-refractivity contribution in [3.05, 3.63) is 64.3 Å². The molecule has 0 amide bonds. The van der Waals surface area contributed by atoms with E-state index in [1.807, 2.05) is 19.1 Å². The molecule has 0 spiro atoms. The van der Waals surface area contributed by atoms with Crippen LogP contribution in [0.3, 0.4) is 0 Å². The lowest BCUT2D eigenvalue weighted by Crippen LogP contribution is -2.02. The van der Waals surface area contributed by atoms with Gasteiger partial charge in [-0.05, 0) is 43.3 Å². The fraction of sp³-hybridized carbons (Fsp3) is 0.0588. The molecule has 0 aliphatic carbocycles. The van der Waals surface area contributed by atoms with Crippen LogP contribution in [0.25, 0.3) is 11.5 Å². The molecule has 5 nitrogen and oxygen atoms in total. The molecule has 24 heavy (non-hydrogen) atoms. The number of nitrogens with zero attached hydrogens (tertiary/aromatic N) is 2. The van der Waals surface area contributed by atoms with E-state index in [9.17, 15) is 13.7 Å². The van der Waals surface area contributed by atoms with Gasteiger partial charge in [0.05, 0.1) is 4.90 Å². The zero-order valence-corrected chi connectivity index (χ0v) is 14.9. The molecule has 0 saturated carbocycles. The lowest BCUT2D eigenvalue weighted by Gasteiger charge is -2.01. The van der Waals surface area contributed by atoms with E-state index in [0.29, 0.717) is 5.56 Å². The highest BCUT2D eigenvalue weighted by Gasteiger charge is 2.28. The molecule has 0 atom stereocenters. The zero-order valence-electron chi connectivity index (χ0n) is 12.5. The maximum Gasteiger partial charge on any atom is 0.261 e. The van der Waals surface area contributed by atoms with Crippen molar-refractivity contribution in [3.8, 4) is 17.5 Å². The molecule has 0 bridgehead atoms. The summed E-state index contributed by atoms with van der Waals surface area (Å²) >= 11 is 3.25. The van der Waals surface area contributed by atoms with Crippen molar-refractivity contribution in [3.63, 3.8) is 0 Å². The maximum atomic E-state index is 12.7. The van der Waals surface area contributed by atoms with Gasteiger partial charge < -0.3 is 4.42 Å². The van der Waals surface area contributed by atoms with Gasteiger partial charge in [0, 0.05) is 10.0 Å². The van der Waals surface area contributed by atoms with Crippen LogP contribution in [0.1, 0.15) is 11.3 Å². The van der Waals surface area contributed by atoms with Crippen molar-refractivity contribution in [2.45, 2.75) is 16.9 Å². The van der Waals surface area contributed by atoms with Gasteiger partial charge in [0.1, 0.15) is 6.07 Å². The number of benzene rings is 2. The highest BCUT2D eigenvalue weighted by atomic mass is 79.9. The van der Waals surface area contributed by atoms with Crippen LogP contribution < -0.4 is 0 Å². The Labute approximate surface area is 147 Å². The molecule has 1 heterocycles. The van der Waals surface area contributed by atoms with Crippen LogP contribution in [0.2, 0.25) is 0 Å². The van der Waals surface area contributed by atoms with Crippen molar-refractivity contribution < 1.29 is 12.8 Å². The van der Waals surface area contributed by atoms with E-state index in [4.69, 9.17) is 4.42 Å². The van der Waals surface area contributed by atoms with Gasteiger partial charge in [-0.2, -0.15) is 10.2 Å². The van der Waals surface area contributed by atoms with Crippen LogP contribution in [0, 0.1) is 18.3 Å². The molecule has 0 saturated heterocycles. The summed E-state index contributed by atoms with van der Waals surface area (Å²) in [6.07, 6.45) is 0. The fourth-order valence-electron chi connectivity index (χ4n) is 2.10. The van der Waals surface area contributed by atoms with Gasteiger partial charge >= 0.3 is 0 Å². The summed E-state index contributed by atoms with van der Waals surface area (Å²) in [6.45, 7) is 1.93. The van der Waals surface area contributed by atoms with Gasteiger partial charge in [-0.25, -0.2) is 8.42 Å². The van der Waals surface area contributed by atoms with Gasteiger partial charge in [0.15, 0.2) is 5.69 Å². The van der Waals surface area contributed by atoms with Gasteiger partial charge in [-0.15, -0.1) is 0 Å². The predicted octanol–water partition coefficient (Wildman–Crippen LogP) is 4.12. The summed E-state index contributed by atoms with van der Waals surface area (Å²) in [7, 11) is -3.97. The Balaban J connectivity index is 2.13. The smallest absolute Gasteiger partial charge is 0.261 e. The van der Waals surface area contributed by atoms with Gasteiger partial charge in [-0.1, -0.05) is 33.6 Å². The van der Waals surface area contributed by atoms with E-state index in [0.717, 1.165) is 10.0 Å². The van der Waals surface area contributed by atoms with Gasteiger partial charge in [0.25, 0.3) is 5.09 Å². The first-order chi connectivity index (χ1) is 11.4. The number of rotatable bonds is 3. The van der Waals surface area contributed by atoms with Crippen LogP contribution in [0.15, 0.2) is 67.4 Å². The number of halogens is 1. The first kappa shape index (κ1) is 16.4. The third-order valence-corrected chi connectivity index (χ3v) is 5.55. The Bertz CT molecular complexity index is 1030. The molecule has 0 aliphatic rings. The number of aromatic nitrogens is 1. The SMILES string of the molecule is Cc1ccc(-c2nc(C#N)c(S(=O)(=O)c3ccc(Br)cc3)o2)cc1. The Kier molecular flexibility index (Phi) is 4.26. The van der Waals surface area contributed by atoms with Crippen LogP contribution in [-0.4, -0.2) is 13.4 Å². The van der Waals surface area contributed by atoms with Crippen molar-refractivity contribution in [2.75, 3.05) is 0 Å². The average Bonchev–Trinajstić information content (AvgIpc) is 3.01. The van der Waals surface area contributed by atoms with E-state index in [1.165, 1.54) is 12.1 Å². The first-order valence-electron chi connectivity index (χ1n) is 6.90. The molecular formula is C17H11BrN2O3S. The number of sulfone groups is 1. The van der Waals surface area contributed by atoms with Crippen LogP contribution >= 0.6 is 15.9 Å². The van der Waals surface area contributed by atoms with E-state index in [-0.39, 0.29) is 16.5 Å². The third-order valence-electron chi connectivity index (χ3n) is 3.37. The van der Waals surface area contributed by atoms with E-state index < -0.39 is 14.9 Å². The summed E-state index contributed by atoms with van der Waals surface area (Å²) in [5.41, 5.74) is 1.40. The Hall–Kier alpha value is -2.43. The topological polar surface area (TPSA) is 84.0 Å².